The molecule has 2 atom stereocenters. The van der Waals surface area contributed by atoms with Crippen LogP contribution in [-0.4, -0.2) is 15.2 Å². The van der Waals surface area contributed by atoms with Crippen molar-refractivity contribution in [3.05, 3.63) is 42.0 Å². The number of benzene rings is 1. The van der Waals surface area contributed by atoms with Gasteiger partial charge in [0.15, 0.2) is 0 Å². The van der Waals surface area contributed by atoms with Gasteiger partial charge in [-0.3, -0.25) is 10.1 Å². The molecular weight excluding hydrogens is 331 g/mol. The topological polar surface area (TPSA) is 91.4 Å². The zero-order valence-corrected chi connectivity index (χ0v) is 12.8. The van der Waals surface area contributed by atoms with Gasteiger partial charge in [-0.15, -0.1) is 0 Å². The van der Waals surface area contributed by atoms with E-state index in [2.05, 4.69) is 16.2 Å². The second-order valence-corrected chi connectivity index (χ2v) is 6.13. The largest absolute Gasteiger partial charge is 0.433 e. The van der Waals surface area contributed by atoms with Crippen molar-refractivity contribution in [1.29, 1.82) is 5.26 Å². The first kappa shape index (κ1) is 15.4. The summed E-state index contributed by atoms with van der Waals surface area (Å²) in [5.41, 5.74) is 6.48. The Morgan fingerprint density at radius 2 is 2.04 bits per heavy atom. The highest BCUT2D eigenvalue weighted by molar-refractivity contribution is 5.96. The number of pyridine rings is 1. The van der Waals surface area contributed by atoms with E-state index in [1.54, 1.807) is 18.3 Å². The van der Waals surface area contributed by atoms with Crippen LogP contribution >= 0.6 is 0 Å². The molecule has 0 amide bonds. The lowest BCUT2D eigenvalue weighted by atomic mass is 10.00. The number of rotatable bonds is 2. The first-order valence-electron chi connectivity index (χ1n) is 7.58. The number of nitrogens with one attached hydrogen (secondary N) is 1. The molecule has 1 aliphatic rings. The molecule has 25 heavy (non-hydrogen) atoms. The molecule has 0 aliphatic heterocycles. The third kappa shape index (κ3) is 2.58. The number of hydrogen-bond acceptors (Lipinski definition) is 4. The zero-order valence-electron chi connectivity index (χ0n) is 12.8. The van der Waals surface area contributed by atoms with Gasteiger partial charge in [0.25, 0.3) is 0 Å². The van der Waals surface area contributed by atoms with E-state index < -0.39 is 11.9 Å². The highest BCUT2D eigenvalue weighted by Crippen LogP contribution is 2.47. The monoisotopic (exact) mass is 343 g/mol. The average molecular weight is 343 g/mol. The summed E-state index contributed by atoms with van der Waals surface area (Å²) in [6, 6.07) is 7.12. The minimum Gasteiger partial charge on any atom is -0.398 e. The number of nitrogens with zero attached hydrogens (tertiary/aromatic N) is 3. The Bertz CT molecular complexity index is 1020. The lowest BCUT2D eigenvalue weighted by Gasteiger charge is -2.10. The standard InChI is InChI=1S/C17H12F3N5/c18-17(19,20)16-13(7-24-25-16)8-1-9-4-15(11-2-10(11)5-21)23-6-12(9)14(22)3-8/h1,3-4,6-7,10-11H,2,22H2,(H,24,25). The van der Waals surface area contributed by atoms with E-state index in [0.717, 1.165) is 18.3 Å². The summed E-state index contributed by atoms with van der Waals surface area (Å²) in [5, 5.41) is 15.8. The summed E-state index contributed by atoms with van der Waals surface area (Å²) >= 11 is 0. The van der Waals surface area contributed by atoms with E-state index in [9.17, 15) is 13.2 Å². The molecule has 4 rings (SSSR count). The van der Waals surface area contributed by atoms with Crippen molar-refractivity contribution in [3.8, 4) is 17.2 Å². The van der Waals surface area contributed by atoms with Crippen molar-refractivity contribution in [3.63, 3.8) is 0 Å². The Morgan fingerprint density at radius 1 is 1.24 bits per heavy atom. The van der Waals surface area contributed by atoms with Crippen LogP contribution in [-0.2, 0) is 6.18 Å². The predicted molar refractivity (Wildman–Crippen MR) is 85.2 cm³/mol. The van der Waals surface area contributed by atoms with Gasteiger partial charge in [0.2, 0.25) is 0 Å². The van der Waals surface area contributed by atoms with E-state index in [-0.39, 0.29) is 17.4 Å². The minimum absolute atomic E-state index is 0.0452. The minimum atomic E-state index is -4.53. The van der Waals surface area contributed by atoms with Crippen molar-refractivity contribution >= 4 is 16.5 Å². The van der Waals surface area contributed by atoms with E-state index in [1.807, 2.05) is 5.10 Å². The molecule has 2 aromatic heterocycles. The summed E-state index contributed by atoms with van der Waals surface area (Å²) < 4.78 is 39.3. The van der Waals surface area contributed by atoms with E-state index in [1.165, 1.54) is 6.07 Å². The number of alkyl halides is 3. The molecule has 3 aromatic rings. The van der Waals surface area contributed by atoms with Gasteiger partial charge in [0.1, 0.15) is 5.69 Å². The number of aromatic amines is 1. The van der Waals surface area contributed by atoms with Crippen molar-refractivity contribution in [2.45, 2.75) is 18.5 Å². The molecule has 2 heterocycles. The van der Waals surface area contributed by atoms with E-state index in [4.69, 9.17) is 11.0 Å². The summed E-state index contributed by atoms with van der Waals surface area (Å²) in [6.45, 7) is 0. The number of nitriles is 1. The molecule has 0 spiro atoms. The maximum absolute atomic E-state index is 13.1. The molecule has 1 saturated carbocycles. The normalized spacial score (nSPS) is 19.8. The quantitative estimate of drug-likeness (QED) is 0.691. The van der Waals surface area contributed by atoms with Gasteiger partial charge in [0.05, 0.1) is 18.2 Å². The number of halogens is 3. The third-order valence-corrected chi connectivity index (χ3v) is 4.46. The molecule has 2 unspecified atom stereocenters. The van der Waals surface area contributed by atoms with Gasteiger partial charge < -0.3 is 5.73 Å². The lowest BCUT2D eigenvalue weighted by molar-refractivity contribution is -0.140. The van der Waals surface area contributed by atoms with Crippen LogP contribution in [0.3, 0.4) is 0 Å². The van der Waals surface area contributed by atoms with Crippen LogP contribution in [0.1, 0.15) is 23.7 Å². The van der Waals surface area contributed by atoms with Crippen molar-refractivity contribution in [1.82, 2.24) is 15.2 Å². The Hall–Kier alpha value is -3.08. The van der Waals surface area contributed by atoms with Gasteiger partial charge in [-0.1, -0.05) is 0 Å². The highest BCUT2D eigenvalue weighted by Gasteiger charge is 2.40. The Kier molecular flexibility index (Phi) is 3.22. The molecule has 0 radical (unpaired) electrons. The lowest BCUT2D eigenvalue weighted by Crippen LogP contribution is -2.07. The summed E-state index contributed by atoms with van der Waals surface area (Å²) in [6.07, 6.45) is -1.04. The molecule has 126 valence electrons. The van der Waals surface area contributed by atoms with Gasteiger partial charge in [-0.2, -0.15) is 23.5 Å². The molecule has 8 heteroatoms. The maximum atomic E-state index is 13.1. The molecule has 0 saturated heterocycles. The molecule has 5 nitrogen and oxygen atoms in total. The molecule has 1 aromatic carbocycles. The molecule has 0 bridgehead atoms. The van der Waals surface area contributed by atoms with Gasteiger partial charge >= 0.3 is 6.18 Å². The maximum Gasteiger partial charge on any atom is 0.433 e. The SMILES string of the molecule is N#CC1CC1c1cc2cc(-c3cn[nH]c3C(F)(F)F)cc(N)c2cn1. The molecular formula is C17H12F3N5. The first-order valence-corrected chi connectivity index (χ1v) is 7.58. The first-order chi connectivity index (χ1) is 11.9. The smallest absolute Gasteiger partial charge is 0.398 e. The van der Waals surface area contributed by atoms with E-state index in [0.29, 0.717) is 22.0 Å². The molecule has 1 fully saturated rings. The van der Waals surface area contributed by atoms with Crippen LogP contribution in [0.4, 0.5) is 18.9 Å². The fraction of sp³-hybridized carbons (Fsp3) is 0.235. The Balaban J connectivity index is 1.84. The van der Waals surface area contributed by atoms with Crippen LogP contribution < -0.4 is 5.73 Å². The number of nitrogens with two attached hydrogens (primary N) is 1. The zero-order chi connectivity index (χ0) is 17.8. The van der Waals surface area contributed by atoms with Crippen LogP contribution in [0, 0.1) is 17.2 Å². The van der Waals surface area contributed by atoms with Crippen LogP contribution in [0.25, 0.3) is 21.9 Å². The Morgan fingerprint density at radius 3 is 2.72 bits per heavy atom. The van der Waals surface area contributed by atoms with Crippen molar-refractivity contribution < 1.29 is 13.2 Å². The van der Waals surface area contributed by atoms with Gasteiger partial charge in [-0.25, -0.2) is 0 Å². The van der Waals surface area contributed by atoms with Crippen LogP contribution in [0.15, 0.2) is 30.6 Å². The van der Waals surface area contributed by atoms with Gasteiger partial charge in [0, 0.05) is 34.4 Å². The molecule has 1 aliphatic carbocycles. The van der Waals surface area contributed by atoms with Crippen molar-refractivity contribution in [2.75, 3.05) is 5.73 Å². The summed E-state index contributed by atoms with van der Waals surface area (Å²) in [7, 11) is 0. The molecule has 3 N–H and O–H groups in total. The van der Waals surface area contributed by atoms with Gasteiger partial charge in [-0.05, 0) is 35.6 Å². The number of hydrogen-bond donors (Lipinski definition) is 2. The average Bonchev–Trinajstić information content (AvgIpc) is 3.18. The number of nitrogen functional groups attached to an aromatic ring is 1. The summed E-state index contributed by atoms with van der Waals surface area (Å²) in [5.74, 6) is 0.0372. The number of fused-ring (bicyclic) bond motifs is 1. The fourth-order valence-corrected chi connectivity index (χ4v) is 3.05. The third-order valence-electron chi connectivity index (χ3n) is 4.46. The summed E-state index contributed by atoms with van der Waals surface area (Å²) in [4.78, 5) is 4.35. The van der Waals surface area contributed by atoms with Crippen LogP contribution in [0.2, 0.25) is 0 Å². The second-order valence-electron chi connectivity index (χ2n) is 6.13. The Labute approximate surface area is 140 Å². The van der Waals surface area contributed by atoms with E-state index >= 15 is 0 Å². The number of H-pyrrole nitrogens is 1. The fourth-order valence-electron chi connectivity index (χ4n) is 3.05. The van der Waals surface area contributed by atoms with Crippen LogP contribution in [0.5, 0.6) is 0 Å². The number of aromatic nitrogens is 3. The number of anilines is 1. The predicted octanol–water partition coefficient (Wildman–Crippen LogP) is 3.85. The van der Waals surface area contributed by atoms with Crippen molar-refractivity contribution in [2.24, 2.45) is 5.92 Å². The highest BCUT2D eigenvalue weighted by atomic mass is 19.4. The second kappa shape index (κ2) is 5.21.